The van der Waals surface area contributed by atoms with Crippen LogP contribution in [0.3, 0.4) is 0 Å². The summed E-state index contributed by atoms with van der Waals surface area (Å²) in [4.78, 5) is 0. The molecule has 0 aliphatic carbocycles. The van der Waals surface area contributed by atoms with Crippen molar-refractivity contribution in [3.8, 4) is 11.5 Å². The molecule has 0 fully saturated rings. The number of rotatable bonds is 3. The summed E-state index contributed by atoms with van der Waals surface area (Å²) in [6, 6.07) is 5.92. The van der Waals surface area contributed by atoms with Crippen molar-refractivity contribution in [2.24, 2.45) is 11.7 Å². The number of nitrogens with two attached hydrogens (primary N) is 1. The maximum absolute atomic E-state index is 6.13. The van der Waals surface area contributed by atoms with E-state index in [1.165, 1.54) is 0 Å². The lowest BCUT2D eigenvalue weighted by Gasteiger charge is -2.16. The topological polar surface area (TPSA) is 44.5 Å². The van der Waals surface area contributed by atoms with Crippen molar-refractivity contribution in [1.29, 1.82) is 0 Å². The third kappa shape index (κ3) is 2.07. The Bertz CT molecular complexity index is 349. The molecule has 3 nitrogen and oxygen atoms in total. The van der Waals surface area contributed by atoms with Gasteiger partial charge in [-0.3, -0.25) is 0 Å². The molecule has 0 aromatic heterocycles. The predicted molar refractivity (Wildman–Crippen MR) is 58.9 cm³/mol. The lowest BCUT2D eigenvalue weighted by molar-refractivity contribution is 0.173. The highest BCUT2D eigenvalue weighted by Gasteiger charge is 2.21. The van der Waals surface area contributed by atoms with Gasteiger partial charge in [-0.1, -0.05) is 26.0 Å². The van der Waals surface area contributed by atoms with Crippen molar-refractivity contribution in [3.63, 3.8) is 0 Å². The van der Waals surface area contributed by atoms with Crippen LogP contribution >= 0.6 is 0 Å². The molecule has 2 rings (SSSR count). The molecular weight excluding hydrogens is 190 g/mol. The third-order valence-corrected chi connectivity index (χ3v) is 2.55. The highest BCUT2D eigenvalue weighted by molar-refractivity contribution is 5.49. The number of hydrogen-bond donors (Lipinski definition) is 1. The summed E-state index contributed by atoms with van der Waals surface area (Å²) in [5.74, 6) is 2.22. The van der Waals surface area contributed by atoms with Crippen molar-refractivity contribution in [3.05, 3.63) is 23.8 Å². The fourth-order valence-corrected chi connectivity index (χ4v) is 1.88. The van der Waals surface area contributed by atoms with Crippen LogP contribution in [-0.2, 0) is 0 Å². The minimum atomic E-state index is 0.0293. The van der Waals surface area contributed by atoms with Gasteiger partial charge in [-0.15, -0.1) is 0 Å². The van der Waals surface area contributed by atoms with Gasteiger partial charge in [0.15, 0.2) is 11.5 Å². The zero-order chi connectivity index (χ0) is 10.8. The van der Waals surface area contributed by atoms with Gasteiger partial charge in [-0.05, 0) is 18.4 Å². The Kier molecular flexibility index (Phi) is 2.82. The molecule has 1 aliphatic rings. The van der Waals surface area contributed by atoms with Crippen LogP contribution in [0.5, 0.6) is 11.5 Å². The van der Waals surface area contributed by atoms with Gasteiger partial charge in [0.05, 0.1) is 0 Å². The Balaban J connectivity index is 2.24. The molecule has 1 aromatic carbocycles. The Hall–Kier alpha value is -1.22. The van der Waals surface area contributed by atoms with Gasteiger partial charge in [-0.2, -0.15) is 0 Å². The van der Waals surface area contributed by atoms with Crippen LogP contribution in [0.15, 0.2) is 18.2 Å². The first kappa shape index (κ1) is 10.3. The van der Waals surface area contributed by atoms with Gasteiger partial charge < -0.3 is 15.2 Å². The first-order valence-corrected chi connectivity index (χ1v) is 5.32. The second-order valence-electron chi connectivity index (χ2n) is 4.32. The first-order valence-electron chi connectivity index (χ1n) is 5.32. The van der Waals surface area contributed by atoms with Crippen LogP contribution in [0.25, 0.3) is 0 Å². The molecule has 0 spiro atoms. The van der Waals surface area contributed by atoms with Crippen LogP contribution in [0.2, 0.25) is 0 Å². The molecule has 0 amide bonds. The monoisotopic (exact) mass is 207 g/mol. The maximum atomic E-state index is 6.13. The summed E-state index contributed by atoms with van der Waals surface area (Å²) >= 11 is 0. The van der Waals surface area contributed by atoms with Crippen LogP contribution in [0.1, 0.15) is 31.9 Å². The second kappa shape index (κ2) is 4.11. The Morgan fingerprint density at radius 2 is 2.13 bits per heavy atom. The molecule has 2 N–H and O–H groups in total. The molecule has 1 aromatic rings. The molecule has 15 heavy (non-hydrogen) atoms. The van der Waals surface area contributed by atoms with Crippen LogP contribution < -0.4 is 15.2 Å². The number of para-hydroxylation sites is 1. The van der Waals surface area contributed by atoms with E-state index in [4.69, 9.17) is 15.2 Å². The highest BCUT2D eigenvalue weighted by atomic mass is 16.7. The molecule has 0 radical (unpaired) electrons. The molecule has 1 atom stereocenters. The fourth-order valence-electron chi connectivity index (χ4n) is 1.88. The maximum Gasteiger partial charge on any atom is 0.231 e. The number of hydrogen-bond acceptors (Lipinski definition) is 3. The van der Waals surface area contributed by atoms with Gasteiger partial charge in [0.1, 0.15) is 0 Å². The van der Waals surface area contributed by atoms with Crippen molar-refractivity contribution in [2.45, 2.75) is 26.3 Å². The number of benzene rings is 1. The second-order valence-corrected chi connectivity index (χ2v) is 4.32. The van der Waals surface area contributed by atoms with E-state index in [0.29, 0.717) is 12.7 Å². The van der Waals surface area contributed by atoms with Crippen molar-refractivity contribution in [2.75, 3.05) is 6.79 Å². The molecule has 1 heterocycles. The number of ether oxygens (including phenoxy) is 2. The van der Waals surface area contributed by atoms with E-state index in [2.05, 4.69) is 13.8 Å². The number of fused-ring (bicyclic) bond motifs is 1. The SMILES string of the molecule is CC(C)CC(N)c1cccc2c1OCO2. The van der Waals surface area contributed by atoms with Crippen LogP contribution in [0.4, 0.5) is 0 Å². The van der Waals surface area contributed by atoms with Gasteiger partial charge >= 0.3 is 0 Å². The smallest absolute Gasteiger partial charge is 0.231 e. The van der Waals surface area contributed by atoms with Gasteiger partial charge in [0.25, 0.3) is 0 Å². The zero-order valence-corrected chi connectivity index (χ0v) is 9.19. The quantitative estimate of drug-likeness (QED) is 0.828. The molecule has 0 saturated carbocycles. The molecule has 0 bridgehead atoms. The fraction of sp³-hybridized carbons (Fsp3) is 0.500. The lowest BCUT2D eigenvalue weighted by Crippen LogP contribution is -2.13. The standard InChI is InChI=1S/C12H17NO2/c1-8(2)6-10(13)9-4-3-5-11-12(9)15-7-14-11/h3-5,8,10H,6-7,13H2,1-2H3. The van der Waals surface area contributed by atoms with Crippen molar-refractivity contribution in [1.82, 2.24) is 0 Å². The van der Waals surface area contributed by atoms with Gasteiger partial charge in [0.2, 0.25) is 6.79 Å². The molecule has 3 heteroatoms. The molecular formula is C12H17NO2. The average molecular weight is 207 g/mol. The summed E-state index contributed by atoms with van der Waals surface area (Å²) < 4.78 is 10.7. The Morgan fingerprint density at radius 3 is 2.87 bits per heavy atom. The summed E-state index contributed by atoms with van der Waals surface area (Å²) in [7, 11) is 0. The minimum absolute atomic E-state index is 0.0293. The molecule has 0 saturated heterocycles. The summed E-state index contributed by atoms with van der Waals surface area (Å²) in [6.07, 6.45) is 0.958. The first-order chi connectivity index (χ1) is 7.18. The van der Waals surface area contributed by atoms with Crippen molar-refractivity contribution < 1.29 is 9.47 Å². The largest absolute Gasteiger partial charge is 0.454 e. The summed E-state index contributed by atoms with van der Waals surface area (Å²) in [5, 5.41) is 0. The van der Waals surface area contributed by atoms with Crippen LogP contribution in [0, 0.1) is 5.92 Å². The summed E-state index contributed by atoms with van der Waals surface area (Å²) in [6.45, 7) is 4.64. The predicted octanol–water partition coefficient (Wildman–Crippen LogP) is 2.46. The van der Waals surface area contributed by atoms with Crippen molar-refractivity contribution >= 4 is 0 Å². The van der Waals surface area contributed by atoms with E-state index in [9.17, 15) is 0 Å². The van der Waals surface area contributed by atoms with E-state index >= 15 is 0 Å². The van der Waals surface area contributed by atoms with E-state index in [-0.39, 0.29) is 6.04 Å². The Morgan fingerprint density at radius 1 is 1.33 bits per heavy atom. The third-order valence-electron chi connectivity index (χ3n) is 2.55. The van der Waals surface area contributed by atoms with E-state index < -0.39 is 0 Å². The lowest BCUT2D eigenvalue weighted by atomic mass is 9.97. The Labute approximate surface area is 90.2 Å². The van der Waals surface area contributed by atoms with E-state index in [0.717, 1.165) is 23.5 Å². The average Bonchev–Trinajstić information content (AvgIpc) is 2.63. The van der Waals surface area contributed by atoms with E-state index in [1.807, 2.05) is 18.2 Å². The van der Waals surface area contributed by atoms with Crippen LogP contribution in [-0.4, -0.2) is 6.79 Å². The molecule has 1 unspecified atom stereocenters. The minimum Gasteiger partial charge on any atom is -0.454 e. The highest BCUT2D eigenvalue weighted by Crippen LogP contribution is 2.39. The van der Waals surface area contributed by atoms with Gasteiger partial charge in [-0.25, -0.2) is 0 Å². The molecule has 82 valence electrons. The zero-order valence-electron chi connectivity index (χ0n) is 9.19. The van der Waals surface area contributed by atoms with E-state index in [1.54, 1.807) is 0 Å². The van der Waals surface area contributed by atoms with Gasteiger partial charge in [0, 0.05) is 11.6 Å². The molecule has 1 aliphatic heterocycles. The normalized spacial score (nSPS) is 15.7. The summed E-state index contributed by atoms with van der Waals surface area (Å²) in [5.41, 5.74) is 7.19.